The zero-order valence-corrected chi connectivity index (χ0v) is 14.4. The van der Waals surface area contributed by atoms with Crippen LogP contribution in [0.1, 0.15) is 0 Å². The van der Waals surface area contributed by atoms with Gasteiger partial charge < -0.3 is 20.1 Å². The molecule has 25 heavy (non-hydrogen) atoms. The van der Waals surface area contributed by atoms with Gasteiger partial charge in [-0.05, 0) is 36.4 Å². The fraction of sp³-hybridized carbons (Fsp3) is 0.118. The van der Waals surface area contributed by atoms with Crippen LogP contribution in [0, 0.1) is 0 Å². The number of nitrogens with zero attached hydrogens (tertiary/aromatic N) is 3. The van der Waals surface area contributed by atoms with Gasteiger partial charge in [0.25, 0.3) is 0 Å². The summed E-state index contributed by atoms with van der Waals surface area (Å²) in [5, 5.41) is 14.8. The van der Waals surface area contributed by atoms with Gasteiger partial charge in [-0.15, -0.1) is 5.10 Å². The molecule has 0 atom stereocenters. The van der Waals surface area contributed by atoms with Crippen LogP contribution in [0.15, 0.2) is 48.7 Å². The molecule has 0 amide bonds. The first-order valence-electron chi connectivity index (χ1n) is 7.39. The quantitative estimate of drug-likeness (QED) is 0.689. The maximum absolute atomic E-state index is 5.88. The molecule has 0 unspecified atom stereocenters. The summed E-state index contributed by atoms with van der Waals surface area (Å²) in [4.78, 5) is 4.38. The molecule has 128 valence electrons. The van der Waals surface area contributed by atoms with E-state index in [4.69, 9.17) is 21.1 Å². The van der Waals surface area contributed by atoms with Crippen molar-refractivity contribution < 1.29 is 9.47 Å². The number of benzene rings is 2. The first kappa shape index (κ1) is 16.8. The van der Waals surface area contributed by atoms with E-state index in [2.05, 4.69) is 25.8 Å². The minimum atomic E-state index is 0.353. The van der Waals surface area contributed by atoms with Gasteiger partial charge in [-0.25, -0.2) is 0 Å². The van der Waals surface area contributed by atoms with E-state index in [1.807, 2.05) is 18.2 Å². The van der Waals surface area contributed by atoms with Crippen LogP contribution in [0.4, 0.5) is 23.1 Å². The Morgan fingerprint density at radius 1 is 0.880 bits per heavy atom. The summed E-state index contributed by atoms with van der Waals surface area (Å²) in [7, 11) is 3.17. The molecular weight excluding hydrogens is 342 g/mol. The highest BCUT2D eigenvalue weighted by Crippen LogP contribution is 2.30. The average Bonchev–Trinajstić information content (AvgIpc) is 2.64. The van der Waals surface area contributed by atoms with Crippen molar-refractivity contribution in [3.05, 3.63) is 53.7 Å². The van der Waals surface area contributed by atoms with Crippen molar-refractivity contribution in [1.29, 1.82) is 0 Å². The number of halogens is 1. The number of hydrogen-bond acceptors (Lipinski definition) is 7. The molecule has 0 saturated heterocycles. The summed E-state index contributed by atoms with van der Waals surface area (Å²) in [5.41, 5.74) is 1.60. The van der Waals surface area contributed by atoms with Crippen molar-refractivity contribution in [3.8, 4) is 11.5 Å². The highest BCUT2D eigenvalue weighted by molar-refractivity contribution is 6.30. The highest BCUT2D eigenvalue weighted by atomic mass is 35.5. The monoisotopic (exact) mass is 357 g/mol. The molecular formula is C17H16ClN5O2. The van der Waals surface area contributed by atoms with Gasteiger partial charge in [0.05, 0.1) is 20.4 Å². The topological polar surface area (TPSA) is 81.2 Å². The highest BCUT2D eigenvalue weighted by Gasteiger charge is 2.07. The van der Waals surface area contributed by atoms with Gasteiger partial charge in [-0.1, -0.05) is 11.6 Å². The molecule has 2 aromatic carbocycles. The van der Waals surface area contributed by atoms with E-state index in [0.717, 1.165) is 11.4 Å². The Morgan fingerprint density at radius 3 is 2.32 bits per heavy atom. The summed E-state index contributed by atoms with van der Waals surface area (Å²) in [6.07, 6.45) is 1.54. The molecule has 1 aromatic heterocycles. The number of nitrogens with one attached hydrogen (secondary N) is 2. The molecule has 3 rings (SSSR count). The minimum Gasteiger partial charge on any atom is -0.493 e. The summed E-state index contributed by atoms with van der Waals surface area (Å²) in [6, 6.07) is 12.7. The zero-order valence-electron chi connectivity index (χ0n) is 13.7. The molecule has 0 fully saturated rings. The van der Waals surface area contributed by atoms with Gasteiger partial charge in [-0.2, -0.15) is 10.1 Å². The van der Waals surface area contributed by atoms with E-state index >= 15 is 0 Å². The van der Waals surface area contributed by atoms with E-state index in [1.165, 1.54) is 6.20 Å². The molecule has 0 aliphatic heterocycles. The Bertz CT molecular complexity index is 858. The molecule has 8 heteroatoms. The Labute approximate surface area is 150 Å². The van der Waals surface area contributed by atoms with Gasteiger partial charge in [0.15, 0.2) is 17.3 Å². The molecule has 2 N–H and O–H groups in total. The lowest BCUT2D eigenvalue weighted by atomic mass is 10.3. The van der Waals surface area contributed by atoms with Crippen LogP contribution >= 0.6 is 11.6 Å². The van der Waals surface area contributed by atoms with Crippen molar-refractivity contribution in [3.63, 3.8) is 0 Å². The fourth-order valence-electron chi connectivity index (χ4n) is 2.14. The maximum atomic E-state index is 5.88. The summed E-state index contributed by atoms with van der Waals surface area (Å²) in [6.45, 7) is 0. The van der Waals surface area contributed by atoms with Gasteiger partial charge in [0.1, 0.15) is 0 Å². The third kappa shape index (κ3) is 4.27. The van der Waals surface area contributed by atoms with E-state index in [0.29, 0.717) is 28.3 Å². The minimum absolute atomic E-state index is 0.353. The first-order valence-corrected chi connectivity index (χ1v) is 7.77. The molecule has 1 heterocycles. The van der Waals surface area contributed by atoms with E-state index in [1.54, 1.807) is 38.5 Å². The number of anilines is 4. The molecule has 0 aliphatic carbocycles. The first-order chi connectivity index (χ1) is 12.2. The van der Waals surface area contributed by atoms with Crippen molar-refractivity contribution >= 4 is 34.7 Å². The fourth-order valence-corrected chi connectivity index (χ4v) is 2.27. The number of aromatic nitrogens is 3. The van der Waals surface area contributed by atoms with Crippen molar-refractivity contribution in [2.45, 2.75) is 0 Å². The largest absolute Gasteiger partial charge is 0.493 e. The Hall–Kier alpha value is -3.06. The van der Waals surface area contributed by atoms with Crippen LogP contribution in [-0.2, 0) is 0 Å². The maximum Gasteiger partial charge on any atom is 0.249 e. The number of rotatable bonds is 6. The molecule has 3 aromatic rings. The third-order valence-corrected chi connectivity index (χ3v) is 3.57. The zero-order chi connectivity index (χ0) is 17.6. The molecule has 0 saturated carbocycles. The van der Waals surface area contributed by atoms with Gasteiger partial charge in [0, 0.05) is 22.5 Å². The molecule has 7 nitrogen and oxygen atoms in total. The van der Waals surface area contributed by atoms with Gasteiger partial charge >= 0.3 is 0 Å². The SMILES string of the molecule is COc1ccc(Nc2nncc(Nc3ccc(Cl)cc3)n2)cc1OC. The Balaban J connectivity index is 1.76. The summed E-state index contributed by atoms with van der Waals surface area (Å²) >= 11 is 5.88. The summed E-state index contributed by atoms with van der Waals surface area (Å²) < 4.78 is 10.5. The van der Waals surface area contributed by atoms with Gasteiger partial charge in [0.2, 0.25) is 5.95 Å². The van der Waals surface area contributed by atoms with E-state index in [9.17, 15) is 0 Å². The molecule has 0 spiro atoms. The normalized spacial score (nSPS) is 10.2. The smallest absolute Gasteiger partial charge is 0.249 e. The molecule has 0 radical (unpaired) electrons. The van der Waals surface area contributed by atoms with Crippen LogP contribution in [0.25, 0.3) is 0 Å². The van der Waals surface area contributed by atoms with Crippen molar-refractivity contribution in [1.82, 2.24) is 15.2 Å². The third-order valence-electron chi connectivity index (χ3n) is 3.32. The molecule has 0 bridgehead atoms. The Morgan fingerprint density at radius 2 is 1.60 bits per heavy atom. The Kier molecular flexibility index (Phi) is 5.15. The lowest BCUT2D eigenvalue weighted by molar-refractivity contribution is 0.355. The predicted molar refractivity (Wildman–Crippen MR) is 97.4 cm³/mol. The molecule has 0 aliphatic rings. The second-order valence-corrected chi connectivity index (χ2v) is 5.43. The van der Waals surface area contributed by atoms with Crippen LogP contribution in [0.3, 0.4) is 0 Å². The van der Waals surface area contributed by atoms with Crippen LogP contribution in [0.5, 0.6) is 11.5 Å². The van der Waals surface area contributed by atoms with E-state index < -0.39 is 0 Å². The number of hydrogen-bond donors (Lipinski definition) is 2. The average molecular weight is 358 g/mol. The second kappa shape index (κ2) is 7.67. The van der Waals surface area contributed by atoms with Crippen LogP contribution < -0.4 is 20.1 Å². The summed E-state index contributed by atoms with van der Waals surface area (Å²) in [5.74, 6) is 2.16. The number of methoxy groups -OCH3 is 2. The van der Waals surface area contributed by atoms with Crippen LogP contribution in [-0.4, -0.2) is 29.4 Å². The van der Waals surface area contributed by atoms with Crippen molar-refractivity contribution in [2.75, 3.05) is 24.9 Å². The van der Waals surface area contributed by atoms with Gasteiger partial charge in [-0.3, -0.25) is 0 Å². The lowest BCUT2D eigenvalue weighted by Gasteiger charge is -2.11. The van der Waals surface area contributed by atoms with Crippen molar-refractivity contribution in [2.24, 2.45) is 0 Å². The standard InChI is InChI=1S/C17H16ClN5O2/c1-24-14-8-7-13(9-15(14)25-2)21-17-22-16(10-19-23-17)20-12-5-3-11(18)4-6-12/h3-10H,1-2H3,(H2,20,21,22,23). The lowest BCUT2D eigenvalue weighted by Crippen LogP contribution is -2.02. The van der Waals surface area contributed by atoms with E-state index in [-0.39, 0.29) is 0 Å². The second-order valence-electron chi connectivity index (χ2n) is 4.99. The predicted octanol–water partition coefficient (Wildman–Crippen LogP) is 4.03. The van der Waals surface area contributed by atoms with Crippen LogP contribution in [0.2, 0.25) is 5.02 Å². The number of ether oxygens (including phenoxy) is 2.